The van der Waals surface area contributed by atoms with Crippen molar-refractivity contribution in [2.24, 2.45) is 0 Å². The van der Waals surface area contributed by atoms with E-state index >= 15 is 0 Å². The molecule has 0 aromatic heterocycles. The van der Waals surface area contributed by atoms with Crippen molar-refractivity contribution in [1.29, 1.82) is 0 Å². The normalized spacial score (nSPS) is 8.77. The summed E-state index contributed by atoms with van der Waals surface area (Å²) in [6, 6.07) is 22.1. The van der Waals surface area contributed by atoms with Crippen LogP contribution in [0.5, 0.6) is 0 Å². The molecule has 0 amide bonds. The summed E-state index contributed by atoms with van der Waals surface area (Å²) in [4.78, 5) is 0. The fraction of sp³-hybridized carbons (Fsp3) is 0.231. The average molecular weight is 537 g/mol. The maximum absolute atomic E-state index is 3.06. The molecule has 4 aromatic carbocycles. The molecule has 0 saturated heterocycles. The first-order chi connectivity index (χ1) is 12.6. The summed E-state index contributed by atoms with van der Waals surface area (Å²) in [5, 5.41) is 5.62. The molecule has 0 saturated carbocycles. The van der Waals surface area contributed by atoms with Gasteiger partial charge in [0.25, 0.3) is 0 Å². The van der Waals surface area contributed by atoms with Crippen LogP contribution in [0.3, 0.4) is 0 Å². The monoisotopic (exact) mass is 534 g/mol. The van der Waals surface area contributed by atoms with Crippen LogP contribution in [-0.2, 0) is 36.2 Å². The van der Waals surface area contributed by atoms with Gasteiger partial charge in [-0.25, -0.2) is 0 Å². The molecule has 0 aliphatic heterocycles. The number of rotatable bonds is 2. The van der Waals surface area contributed by atoms with Gasteiger partial charge >= 0.3 is 30.2 Å². The van der Waals surface area contributed by atoms with E-state index in [1.54, 1.807) is 0 Å². The van der Waals surface area contributed by atoms with E-state index in [4.69, 9.17) is 0 Å². The molecule has 0 unspecified atom stereocenters. The summed E-state index contributed by atoms with van der Waals surface area (Å²) in [6.45, 7) is 11.8. The number of hydrogen-bond donors (Lipinski definition) is 0. The Morgan fingerprint density at radius 2 is 1.03 bits per heavy atom. The molecular weight excluding hydrogens is 503 g/mol. The summed E-state index contributed by atoms with van der Waals surface area (Å²) in [6.07, 6.45) is 2.25. The molecule has 2 radical (unpaired) electrons. The Hall–Kier alpha value is -0.660. The van der Waals surface area contributed by atoms with Crippen LogP contribution in [0, 0.1) is 28.7 Å². The molecule has 0 fully saturated rings. The van der Waals surface area contributed by atoms with E-state index in [0.29, 0.717) is 0 Å². The van der Waals surface area contributed by atoms with Crippen molar-refractivity contribution in [3.8, 4) is 0 Å². The van der Waals surface area contributed by atoms with Gasteiger partial charge in [0.15, 0.2) is 0 Å². The predicted octanol–water partition coefficient (Wildman–Crippen LogP) is 8.22. The van der Waals surface area contributed by atoms with Crippen molar-refractivity contribution in [2.45, 2.75) is 40.5 Å². The average Bonchev–Trinajstić information content (AvgIpc) is 3.23. The molecule has 0 N–H and O–H groups in total. The quantitative estimate of drug-likeness (QED) is 0.179. The zero-order chi connectivity index (χ0) is 19.1. The van der Waals surface area contributed by atoms with Crippen molar-refractivity contribution >= 4 is 53.2 Å². The Morgan fingerprint density at radius 1 is 0.700 bits per heavy atom. The van der Waals surface area contributed by atoms with E-state index in [0.717, 1.165) is 12.8 Å². The van der Waals surface area contributed by atoms with Gasteiger partial charge in [0.05, 0.1) is 0 Å². The zero-order valence-corrected chi connectivity index (χ0v) is 24.1. The van der Waals surface area contributed by atoms with Crippen LogP contribution in [0.2, 0.25) is 0 Å². The Morgan fingerprint density at radius 3 is 1.33 bits per heavy atom. The third-order valence-corrected chi connectivity index (χ3v) is 4.73. The van der Waals surface area contributed by atoms with E-state index in [-0.39, 0.29) is 39.7 Å². The fourth-order valence-electron chi connectivity index (χ4n) is 3.52. The molecule has 0 bridgehead atoms. The van der Waals surface area contributed by atoms with Crippen LogP contribution in [0.25, 0.3) is 21.5 Å². The maximum atomic E-state index is 3.06. The molecule has 30 heavy (non-hydrogen) atoms. The Balaban J connectivity index is -0.000000400. The van der Waals surface area contributed by atoms with Gasteiger partial charge in [-0.3, -0.25) is 0 Å². The van der Waals surface area contributed by atoms with Crippen LogP contribution in [0.4, 0.5) is 0 Å². The summed E-state index contributed by atoms with van der Waals surface area (Å²) >= 11 is 1.36. The van der Waals surface area contributed by atoms with Gasteiger partial charge < -0.3 is 14.9 Å². The van der Waals surface area contributed by atoms with Crippen LogP contribution in [0.1, 0.15) is 36.1 Å². The molecular formula is C26H34Cl2SiZr-4. The molecule has 0 aliphatic carbocycles. The number of halogens is 2. The predicted molar refractivity (Wildman–Crippen MR) is 140 cm³/mol. The Kier molecular flexibility index (Phi) is 19.2. The molecule has 4 aromatic rings. The van der Waals surface area contributed by atoms with E-state index in [9.17, 15) is 0 Å². The third kappa shape index (κ3) is 8.46. The zero-order valence-electron chi connectivity index (χ0n) is 19.0. The van der Waals surface area contributed by atoms with Crippen molar-refractivity contribution < 1.29 is 23.3 Å². The molecule has 0 heterocycles. The first-order valence-electron chi connectivity index (χ1n) is 9.17. The molecule has 4 rings (SSSR count). The number of benzene rings is 2. The second kappa shape index (κ2) is 17.0. The first kappa shape index (κ1) is 34.0. The minimum atomic E-state index is 0. The summed E-state index contributed by atoms with van der Waals surface area (Å²) in [5.41, 5.74) is 5.65. The van der Waals surface area contributed by atoms with Crippen LogP contribution >= 0.6 is 24.8 Å². The minimum absolute atomic E-state index is 0. The summed E-state index contributed by atoms with van der Waals surface area (Å²) in [5.74, 6) is 0. The topological polar surface area (TPSA) is 0 Å². The second-order valence-corrected chi connectivity index (χ2v) is 6.61. The molecule has 164 valence electrons. The van der Waals surface area contributed by atoms with E-state index in [1.165, 1.54) is 67.1 Å². The molecule has 4 heteroatoms. The van der Waals surface area contributed by atoms with Crippen LogP contribution in [0.15, 0.2) is 60.7 Å². The number of fused-ring (bicyclic) bond motifs is 2. The van der Waals surface area contributed by atoms with E-state index in [1.807, 2.05) is 0 Å². The van der Waals surface area contributed by atoms with Crippen LogP contribution < -0.4 is 0 Å². The number of hydrogen-bond acceptors (Lipinski definition) is 0. The Bertz CT molecular complexity index is 905. The van der Waals surface area contributed by atoms with E-state index < -0.39 is 0 Å². The standard InChI is InChI=1S/2C12H13.2CH3.2ClH.Si.Zr/c2*1-3-10-5-4-6-11-7-9(2)8-12(10)11;;;;;;/h2*4-8H,3H2,1-2H3;2*1H3;2*1H;;/q4*-1;;;;. The van der Waals surface area contributed by atoms with Crippen LogP contribution in [-0.4, -0.2) is 6.88 Å². The molecule has 0 spiro atoms. The van der Waals surface area contributed by atoms with Crippen molar-refractivity contribution in [3.05, 3.63) is 97.8 Å². The van der Waals surface area contributed by atoms with Gasteiger partial charge in [-0.1, -0.05) is 51.0 Å². The van der Waals surface area contributed by atoms with Crippen molar-refractivity contribution in [3.63, 3.8) is 0 Å². The van der Waals surface area contributed by atoms with Gasteiger partial charge in [0.1, 0.15) is 0 Å². The van der Waals surface area contributed by atoms with E-state index in [2.05, 4.69) is 95.2 Å². The van der Waals surface area contributed by atoms with Gasteiger partial charge in [-0.15, -0.1) is 93.9 Å². The number of aryl methyl sites for hydroxylation is 4. The third-order valence-electron chi connectivity index (χ3n) is 4.73. The first-order valence-corrected chi connectivity index (χ1v) is 13.4. The molecule has 0 aliphatic rings. The molecule has 0 nitrogen and oxygen atoms in total. The van der Waals surface area contributed by atoms with Gasteiger partial charge in [-0.05, 0) is 12.8 Å². The summed E-state index contributed by atoms with van der Waals surface area (Å²) in [7, 11) is 0. The van der Waals surface area contributed by atoms with Gasteiger partial charge in [0, 0.05) is 0 Å². The van der Waals surface area contributed by atoms with Gasteiger partial charge in [0.2, 0.25) is 0 Å². The van der Waals surface area contributed by atoms with Crippen molar-refractivity contribution in [2.75, 3.05) is 0 Å². The van der Waals surface area contributed by atoms with Gasteiger partial charge in [-0.2, -0.15) is 12.1 Å². The molecule has 0 atom stereocenters. The fourth-order valence-corrected chi connectivity index (χ4v) is 3.52. The Labute approximate surface area is 213 Å². The SMILES string of the molecule is CCc1cccc2[cH-]c(C)cc12.CCc1cccc2[cH-]c(C)cc12.Cl.Cl.[CH3-].[CH3-].[Si]=[Zr]. The summed E-state index contributed by atoms with van der Waals surface area (Å²) < 4.78 is 0. The second-order valence-electron chi connectivity index (χ2n) is 6.61. The van der Waals surface area contributed by atoms with Crippen molar-refractivity contribution in [1.82, 2.24) is 0 Å².